The van der Waals surface area contributed by atoms with Crippen LogP contribution in [0.1, 0.15) is 48.5 Å². The molecule has 0 unspecified atom stereocenters. The third-order valence-electron chi connectivity index (χ3n) is 3.82. The van der Waals surface area contributed by atoms with Gasteiger partial charge in [-0.3, -0.25) is 4.79 Å². The lowest BCUT2D eigenvalue weighted by molar-refractivity contribution is -0.131. The first-order valence-electron chi connectivity index (χ1n) is 7.45. The molecule has 1 aliphatic heterocycles. The average molecular weight is 287 g/mol. The third-order valence-corrected chi connectivity index (χ3v) is 3.82. The number of rotatable bonds is 4. The number of carboxylic acids is 1. The topological polar surface area (TPSA) is 57.6 Å². The number of carboxylic acid groups (broad SMARTS) is 1. The van der Waals surface area contributed by atoms with Gasteiger partial charge in [-0.05, 0) is 49.0 Å². The van der Waals surface area contributed by atoms with Crippen molar-refractivity contribution in [2.24, 2.45) is 0 Å². The zero-order valence-electron chi connectivity index (χ0n) is 12.3. The molecule has 1 N–H and O–H groups in total. The van der Waals surface area contributed by atoms with Gasteiger partial charge in [-0.1, -0.05) is 19.1 Å². The minimum atomic E-state index is -0.944. The van der Waals surface area contributed by atoms with Crippen LogP contribution in [0.3, 0.4) is 0 Å². The van der Waals surface area contributed by atoms with Crippen molar-refractivity contribution in [3.8, 4) is 0 Å². The van der Waals surface area contributed by atoms with Gasteiger partial charge in [0.2, 0.25) is 0 Å². The van der Waals surface area contributed by atoms with E-state index in [2.05, 4.69) is 0 Å². The fourth-order valence-electron chi connectivity index (χ4n) is 2.65. The van der Waals surface area contributed by atoms with Crippen LogP contribution in [0.5, 0.6) is 0 Å². The number of piperidine rings is 1. The van der Waals surface area contributed by atoms with E-state index in [1.165, 1.54) is 12.5 Å². The third kappa shape index (κ3) is 3.94. The Morgan fingerprint density at radius 3 is 2.19 bits per heavy atom. The largest absolute Gasteiger partial charge is 0.478 e. The fourth-order valence-corrected chi connectivity index (χ4v) is 2.65. The van der Waals surface area contributed by atoms with Crippen LogP contribution in [0, 0.1) is 0 Å². The molecule has 4 heteroatoms. The summed E-state index contributed by atoms with van der Waals surface area (Å²) in [6.45, 7) is 3.58. The normalized spacial score (nSPS) is 15.9. The zero-order chi connectivity index (χ0) is 15.2. The summed E-state index contributed by atoms with van der Waals surface area (Å²) >= 11 is 0. The van der Waals surface area contributed by atoms with Gasteiger partial charge >= 0.3 is 5.97 Å². The van der Waals surface area contributed by atoms with E-state index in [0.29, 0.717) is 12.0 Å². The van der Waals surface area contributed by atoms with Crippen LogP contribution < -0.4 is 0 Å². The number of hydrogen-bond donors (Lipinski definition) is 1. The Bertz CT molecular complexity index is 540. The molecule has 1 fully saturated rings. The Hall–Kier alpha value is -2.10. The predicted molar refractivity (Wildman–Crippen MR) is 82.1 cm³/mol. The number of allylic oxidation sites excluding steroid dienone is 1. The van der Waals surface area contributed by atoms with Gasteiger partial charge in [0.15, 0.2) is 0 Å². The summed E-state index contributed by atoms with van der Waals surface area (Å²) in [4.78, 5) is 25.0. The van der Waals surface area contributed by atoms with Crippen molar-refractivity contribution >= 4 is 17.4 Å². The Morgan fingerprint density at radius 1 is 1.10 bits per heavy atom. The predicted octanol–water partition coefficient (Wildman–Crippen LogP) is 3.19. The summed E-state index contributed by atoms with van der Waals surface area (Å²) in [5.74, 6) is -0.873. The van der Waals surface area contributed by atoms with E-state index in [1.54, 1.807) is 12.1 Å². The molecule has 1 amide bonds. The maximum atomic E-state index is 12.3. The van der Waals surface area contributed by atoms with Crippen molar-refractivity contribution in [3.05, 3.63) is 41.5 Å². The summed E-state index contributed by atoms with van der Waals surface area (Å²) in [6, 6.07) is 7.24. The number of nitrogens with zero attached hydrogens (tertiary/aromatic N) is 1. The van der Waals surface area contributed by atoms with E-state index in [4.69, 9.17) is 5.11 Å². The number of amides is 1. The molecule has 1 aliphatic rings. The molecule has 1 aromatic rings. The second-order valence-electron chi connectivity index (χ2n) is 5.29. The average Bonchev–Trinajstić information content (AvgIpc) is 2.53. The first-order valence-corrected chi connectivity index (χ1v) is 7.45. The van der Waals surface area contributed by atoms with E-state index in [9.17, 15) is 9.59 Å². The molecule has 21 heavy (non-hydrogen) atoms. The van der Waals surface area contributed by atoms with Crippen LogP contribution in [0.25, 0.3) is 5.57 Å². The van der Waals surface area contributed by atoms with Gasteiger partial charge in [-0.25, -0.2) is 4.79 Å². The zero-order valence-corrected chi connectivity index (χ0v) is 12.3. The van der Waals surface area contributed by atoms with Crippen LogP contribution in [0.2, 0.25) is 0 Å². The molecule has 0 saturated carbocycles. The molecule has 4 nitrogen and oxygen atoms in total. The Labute approximate surface area is 125 Å². The van der Waals surface area contributed by atoms with Gasteiger partial charge in [-0.2, -0.15) is 0 Å². The van der Waals surface area contributed by atoms with E-state index < -0.39 is 5.97 Å². The molecular formula is C17H21NO3. The van der Waals surface area contributed by atoms with Crippen molar-refractivity contribution in [3.63, 3.8) is 0 Å². The number of carbonyl (C=O) groups is 2. The molecule has 1 heterocycles. The summed E-state index contributed by atoms with van der Waals surface area (Å²) in [5.41, 5.74) is 2.29. The Morgan fingerprint density at radius 2 is 1.67 bits per heavy atom. The molecule has 0 atom stereocenters. The number of likely N-dealkylation sites (tertiary alicyclic amines) is 1. The van der Waals surface area contributed by atoms with Gasteiger partial charge in [0, 0.05) is 24.7 Å². The minimum absolute atomic E-state index is 0.0708. The van der Waals surface area contributed by atoms with Gasteiger partial charge in [-0.15, -0.1) is 0 Å². The quantitative estimate of drug-likeness (QED) is 0.865. The smallest absolute Gasteiger partial charge is 0.328 e. The summed E-state index contributed by atoms with van der Waals surface area (Å²) in [7, 11) is 0. The molecule has 0 spiro atoms. The lowest BCUT2D eigenvalue weighted by Gasteiger charge is -2.26. The standard InChI is InChI=1S/C17H21NO3/c1-2-13(12-16(19)20)14-6-8-15(9-7-14)17(21)18-10-4-3-5-11-18/h6-9,12H,2-5,10-11H2,1H3,(H,19,20)/b13-12+. The molecule has 0 radical (unpaired) electrons. The monoisotopic (exact) mass is 287 g/mol. The van der Waals surface area contributed by atoms with Crippen molar-refractivity contribution in [1.29, 1.82) is 0 Å². The van der Waals surface area contributed by atoms with Gasteiger partial charge in [0.25, 0.3) is 5.91 Å². The van der Waals surface area contributed by atoms with Crippen LogP contribution in [-0.4, -0.2) is 35.0 Å². The van der Waals surface area contributed by atoms with E-state index in [0.717, 1.165) is 37.1 Å². The highest BCUT2D eigenvalue weighted by Gasteiger charge is 2.18. The summed E-state index contributed by atoms with van der Waals surface area (Å²) < 4.78 is 0. The molecular weight excluding hydrogens is 266 g/mol. The fraction of sp³-hybridized carbons (Fsp3) is 0.412. The second kappa shape index (κ2) is 7.07. The van der Waals surface area contributed by atoms with Crippen LogP contribution in [0.4, 0.5) is 0 Å². The first-order chi connectivity index (χ1) is 10.1. The maximum Gasteiger partial charge on any atom is 0.328 e. The Balaban J connectivity index is 2.14. The number of carbonyl (C=O) groups excluding carboxylic acids is 1. The second-order valence-corrected chi connectivity index (χ2v) is 5.29. The first kappa shape index (κ1) is 15.3. The summed E-state index contributed by atoms with van der Waals surface area (Å²) in [6.07, 6.45) is 5.21. The molecule has 0 aliphatic carbocycles. The van der Waals surface area contributed by atoms with Crippen molar-refractivity contribution in [1.82, 2.24) is 4.90 Å². The highest BCUT2D eigenvalue weighted by molar-refractivity contribution is 5.95. The molecule has 112 valence electrons. The molecule has 1 saturated heterocycles. The van der Waals surface area contributed by atoms with Crippen molar-refractivity contribution < 1.29 is 14.7 Å². The number of benzene rings is 1. The van der Waals surface area contributed by atoms with Crippen LogP contribution >= 0.6 is 0 Å². The van der Waals surface area contributed by atoms with Gasteiger partial charge in [0.1, 0.15) is 0 Å². The van der Waals surface area contributed by atoms with Gasteiger partial charge in [0.05, 0.1) is 0 Å². The molecule has 2 rings (SSSR count). The maximum absolute atomic E-state index is 12.3. The van der Waals surface area contributed by atoms with Crippen LogP contribution in [-0.2, 0) is 4.79 Å². The van der Waals surface area contributed by atoms with Gasteiger partial charge < -0.3 is 10.0 Å². The molecule has 1 aromatic carbocycles. The number of aliphatic carboxylic acids is 1. The Kier molecular flexibility index (Phi) is 5.14. The molecule has 0 bridgehead atoms. The summed E-state index contributed by atoms with van der Waals surface area (Å²) in [5, 5.41) is 8.85. The van der Waals surface area contributed by atoms with E-state index >= 15 is 0 Å². The highest BCUT2D eigenvalue weighted by atomic mass is 16.4. The highest BCUT2D eigenvalue weighted by Crippen LogP contribution is 2.20. The van der Waals surface area contributed by atoms with Crippen molar-refractivity contribution in [2.45, 2.75) is 32.6 Å². The molecule has 0 aromatic heterocycles. The lowest BCUT2D eigenvalue weighted by Crippen LogP contribution is -2.35. The lowest BCUT2D eigenvalue weighted by atomic mass is 10.0. The van der Waals surface area contributed by atoms with Crippen LogP contribution in [0.15, 0.2) is 30.3 Å². The minimum Gasteiger partial charge on any atom is -0.478 e. The SMILES string of the molecule is CC/C(=C\C(=O)O)c1ccc(C(=O)N2CCCCC2)cc1. The van der Waals surface area contributed by atoms with Crippen molar-refractivity contribution in [2.75, 3.05) is 13.1 Å². The van der Waals surface area contributed by atoms with E-state index in [-0.39, 0.29) is 5.91 Å². The van der Waals surface area contributed by atoms with E-state index in [1.807, 2.05) is 24.0 Å². The number of hydrogen-bond acceptors (Lipinski definition) is 2.